The Morgan fingerprint density at radius 2 is 2.00 bits per heavy atom. The quantitative estimate of drug-likeness (QED) is 0.705. The van der Waals surface area contributed by atoms with Gasteiger partial charge in [0.2, 0.25) is 0 Å². The molecule has 4 heteroatoms. The number of phenols is 2. The third-order valence-corrected chi connectivity index (χ3v) is 2.90. The van der Waals surface area contributed by atoms with Gasteiger partial charge in [0.1, 0.15) is 11.5 Å². The Morgan fingerprint density at radius 3 is 2.47 bits per heavy atom. The zero-order chi connectivity index (χ0) is 11.1. The molecular formula is C11H12O4. The number of hydrogen-bond donors (Lipinski definition) is 3. The van der Waals surface area contributed by atoms with Crippen molar-refractivity contribution in [3.05, 3.63) is 23.8 Å². The minimum atomic E-state index is -0.861. The second-order valence-corrected chi connectivity index (χ2v) is 4.05. The molecule has 0 spiro atoms. The first-order valence-electron chi connectivity index (χ1n) is 4.78. The van der Waals surface area contributed by atoms with Crippen molar-refractivity contribution in [2.24, 2.45) is 0 Å². The summed E-state index contributed by atoms with van der Waals surface area (Å²) in [4.78, 5) is 10.7. The average molecular weight is 208 g/mol. The molecule has 2 rings (SSSR count). The predicted molar refractivity (Wildman–Crippen MR) is 52.9 cm³/mol. The van der Waals surface area contributed by atoms with Crippen molar-refractivity contribution in [2.75, 3.05) is 0 Å². The Balaban J connectivity index is 2.33. The number of carbonyl (C=O) groups is 1. The molecule has 0 aromatic heterocycles. The molecule has 1 aliphatic rings. The van der Waals surface area contributed by atoms with E-state index in [4.69, 9.17) is 10.2 Å². The van der Waals surface area contributed by atoms with Crippen LogP contribution in [0.3, 0.4) is 0 Å². The summed E-state index contributed by atoms with van der Waals surface area (Å²) in [6, 6.07) is 4.31. The summed E-state index contributed by atoms with van der Waals surface area (Å²) in [5, 5.41) is 27.5. The molecule has 1 saturated carbocycles. The van der Waals surface area contributed by atoms with Crippen molar-refractivity contribution >= 4 is 5.97 Å². The standard InChI is InChI=1S/C11H12O4/c12-7-1-2-8(9(13)5-7)11(3-4-11)6-10(14)15/h1-2,5,12-13H,3-4,6H2,(H,14,15). The van der Waals surface area contributed by atoms with Gasteiger partial charge in [0.15, 0.2) is 0 Å². The molecule has 80 valence electrons. The van der Waals surface area contributed by atoms with Crippen molar-refractivity contribution < 1.29 is 20.1 Å². The summed E-state index contributed by atoms with van der Waals surface area (Å²) in [5.74, 6) is -0.892. The van der Waals surface area contributed by atoms with E-state index in [1.165, 1.54) is 12.1 Å². The van der Waals surface area contributed by atoms with Crippen molar-refractivity contribution in [1.82, 2.24) is 0 Å². The molecule has 0 atom stereocenters. The number of hydrogen-bond acceptors (Lipinski definition) is 3. The maximum absolute atomic E-state index is 10.7. The van der Waals surface area contributed by atoms with Crippen LogP contribution in [0.1, 0.15) is 24.8 Å². The molecule has 1 aromatic carbocycles. The highest BCUT2D eigenvalue weighted by Gasteiger charge is 2.47. The zero-order valence-corrected chi connectivity index (χ0v) is 8.10. The number of aromatic hydroxyl groups is 2. The van der Waals surface area contributed by atoms with Gasteiger partial charge in [-0.15, -0.1) is 0 Å². The summed E-state index contributed by atoms with van der Waals surface area (Å²) >= 11 is 0. The van der Waals surface area contributed by atoms with Gasteiger partial charge in [-0.05, 0) is 18.9 Å². The van der Waals surface area contributed by atoms with Gasteiger partial charge in [-0.2, -0.15) is 0 Å². The molecule has 0 amide bonds. The molecule has 1 aromatic rings. The highest BCUT2D eigenvalue weighted by atomic mass is 16.4. The van der Waals surface area contributed by atoms with Crippen LogP contribution in [-0.4, -0.2) is 21.3 Å². The molecular weight excluding hydrogens is 196 g/mol. The number of carboxylic acids is 1. The SMILES string of the molecule is O=C(O)CC1(c2ccc(O)cc2O)CC1. The van der Waals surface area contributed by atoms with Gasteiger partial charge in [0.05, 0.1) is 6.42 Å². The lowest BCUT2D eigenvalue weighted by Gasteiger charge is -2.14. The van der Waals surface area contributed by atoms with E-state index < -0.39 is 11.4 Å². The van der Waals surface area contributed by atoms with E-state index in [-0.39, 0.29) is 17.9 Å². The monoisotopic (exact) mass is 208 g/mol. The van der Waals surface area contributed by atoms with Crippen molar-refractivity contribution in [3.63, 3.8) is 0 Å². The molecule has 0 saturated heterocycles. The lowest BCUT2D eigenvalue weighted by Crippen LogP contribution is -2.12. The van der Waals surface area contributed by atoms with Gasteiger partial charge in [0, 0.05) is 17.0 Å². The van der Waals surface area contributed by atoms with Crippen LogP contribution in [0.15, 0.2) is 18.2 Å². The Hall–Kier alpha value is -1.71. The average Bonchev–Trinajstić information content (AvgIpc) is 2.83. The first-order valence-corrected chi connectivity index (χ1v) is 4.78. The minimum Gasteiger partial charge on any atom is -0.508 e. The molecule has 15 heavy (non-hydrogen) atoms. The van der Waals surface area contributed by atoms with E-state index in [1.54, 1.807) is 6.07 Å². The van der Waals surface area contributed by atoms with E-state index in [2.05, 4.69) is 0 Å². The fraction of sp³-hybridized carbons (Fsp3) is 0.364. The van der Waals surface area contributed by atoms with Gasteiger partial charge in [0.25, 0.3) is 0 Å². The van der Waals surface area contributed by atoms with Crippen LogP contribution >= 0.6 is 0 Å². The fourth-order valence-electron chi connectivity index (χ4n) is 1.95. The second kappa shape index (κ2) is 3.15. The van der Waals surface area contributed by atoms with Gasteiger partial charge in [-0.25, -0.2) is 0 Å². The van der Waals surface area contributed by atoms with E-state index >= 15 is 0 Å². The van der Waals surface area contributed by atoms with Crippen LogP contribution in [0.2, 0.25) is 0 Å². The lowest BCUT2D eigenvalue weighted by molar-refractivity contribution is -0.137. The van der Waals surface area contributed by atoms with Crippen LogP contribution in [0, 0.1) is 0 Å². The highest BCUT2D eigenvalue weighted by molar-refractivity contribution is 5.70. The largest absolute Gasteiger partial charge is 0.508 e. The van der Waals surface area contributed by atoms with Crippen molar-refractivity contribution in [1.29, 1.82) is 0 Å². The summed E-state index contributed by atoms with van der Waals surface area (Å²) in [6.07, 6.45) is 1.58. The number of rotatable bonds is 3. The number of benzene rings is 1. The Bertz CT molecular complexity index is 407. The summed E-state index contributed by atoms with van der Waals surface area (Å²) in [5.41, 5.74) is 0.214. The van der Waals surface area contributed by atoms with E-state index in [0.29, 0.717) is 5.56 Å². The Morgan fingerprint density at radius 1 is 1.33 bits per heavy atom. The Labute approximate surface area is 86.8 Å². The molecule has 0 aliphatic heterocycles. The molecule has 1 aliphatic carbocycles. The number of aliphatic carboxylic acids is 1. The van der Waals surface area contributed by atoms with Crippen LogP contribution in [0.5, 0.6) is 11.5 Å². The molecule has 0 bridgehead atoms. The van der Waals surface area contributed by atoms with Crippen LogP contribution in [-0.2, 0) is 10.2 Å². The molecule has 3 N–H and O–H groups in total. The lowest BCUT2D eigenvalue weighted by atomic mass is 9.91. The third kappa shape index (κ3) is 1.75. The first kappa shape index (κ1) is 9.83. The first-order chi connectivity index (χ1) is 7.03. The van der Waals surface area contributed by atoms with Gasteiger partial charge < -0.3 is 15.3 Å². The van der Waals surface area contributed by atoms with E-state index in [1.807, 2.05) is 0 Å². The zero-order valence-electron chi connectivity index (χ0n) is 8.10. The third-order valence-electron chi connectivity index (χ3n) is 2.90. The summed E-state index contributed by atoms with van der Waals surface area (Å²) < 4.78 is 0. The summed E-state index contributed by atoms with van der Waals surface area (Å²) in [6.45, 7) is 0. The highest BCUT2D eigenvalue weighted by Crippen LogP contribution is 2.53. The maximum atomic E-state index is 10.7. The normalized spacial score (nSPS) is 17.3. The number of carboxylic acid groups (broad SMARTS) is 1. The van der Waals surface area contributed by atoms with Gasteiger partial charge in [-0.3, -0.25) is 4.79 Å². The second-order valence-electron chi connectivity index (χ2n) is 4.05. The van der Waals surface area contributed by atoms with Crippen molar-refractivity contribution in [3.8, 4) is 11.5 Å². The molecule has 1 fully saturated rings. The maximum Gasteiger partial charge on any atom is 0.304 e. The molecule has 0 radical (unpaired) electrons. The molecule has 0 heterocycles. The van der Waals surface area contributed by atoms with Gasteiger partial charge >= 0.3 is 5.97 Å². The van der Waals surface area contributed by atoms with Crippen LogP contribution < -0.4 is 0 Å². The topological polar surface area (TPSA) is 77.8 Å². The van der Waals surface area contributed by atoms with E-state index in [0.717, 1.165) is 12.8 Å². The number of phenolic OH excluding ortho intramolecular Hbond substituents is 2. The Kier molecular flexibility index (Phi) is 2.07. The van der Waals surface area contributed by atoms with Crippen LogP contribution in [0.4, 0.5) is 0 Å². The van der Waals surface area contributed by atoms with Gasteiger partial charge in [-0.1, -0.05) is 6.07 Å². The smallest absolute Gasteiger partial charge is 0.304 e. The molecule has 0 unspecified atom stereocenters. The minimum absolute atomic E-state index is 0.0117. The van der Waals surface area contributed by atoms with Crippen LogP contribution in [0.25, 0.3) is 0 Å². The summed E-state index contributed by atoms with van der Waals surface area (Å²) in [7, 11) is 0. The van der Waals surface area contributed by atoms with Crippen molar-refractivity contribution in [2.45, 2.75) is 24.7 Å². The molecule has 4 nitrogen and oxygen atoms in total. The van der Waals surface area contributed by atoms with E-state index in [9.17, 15) is 9.90 Å². The fourth-order valence-corrected chi connectivity index (χ4v) is 1.95. The predicted octanol–water partition coefficient (Wildman–Crippen LogP) is 1.60.